The molecule has 0 aromatic heterocycles. The third-order valence-electron chi connectivity index (χ3n) is 1.64. The topological polar surface area (TPSA) is 35.5 Å². The molecule has 1 rings (SSSR count). The van der Waals surface area contributed by atoms with Gasteiger partial charge in [0.25, 0.3) is 0 Å². The summed E-state index contributed by atoms with van der Waals surface area (Å²) < 4.78 is 10.6. The Hall–Kier alpha value is -1.51. The number of ether oxygens (including phenoxy) is 2. The molecule has 3 heteroatoms. The Bertz CT molecular complexity index is 266. The van der Waals surface area contributed by atoms with Gasteiger partial charge < -0.3 is 14.3 Å². The van der Waals surface area contributed by atoms with Crippen LogP contribution in [0.5, 0.6) is 11.5 Å². The molecule has 0 atom stereocenters. The maximum absolute atomic E-state index is 10.0. The van der Waals surface area contributed by atoms with E-state index in [0.29, 0.717) is 19.6 Å². The Morgan fingerprint density at radius 2 is 1.71 bits per heavy atom. The molecule has 0 unspecified atom stereocenters. The van der Waals surface area contributed by atoms with Crippen LogP contribution in [0.2, 0.25) is 0 Å². The monoisotopic (exact) mass is 194 g/mol. The molecule has 0 N–H and O–H groups in total. The van der Waals surface area contributed by atoms with Crippen LogP contribution in [0.3, 0.4) is 0 Å². The minimum atomic E-state index is 0.424. The van der Waals surface area contributed by atoms with E-state index in [4.69, 9.17) is 9.47 Å². The smallest absolute Gasteiger partial charge is 0.123 e. The first-order chi connectivity index (χ1) is 6.86. The van der Waals surface area contributed by atoms with Gasteiger partial charge in [0.15, 0.2) is 0 Å². The van der Waals surface area contributed by atoms with Gasteiger partial charge in [0.2, 0.25) is 0 Å². The van der Waals surface area contributed by atoms with Crippen molar-refractivity contribution in [2.24, 2.45) is 0 Å². The van der Waals surface area contributed by atoms with Crippen LogP contribution in [-0.4, -0.2) is 19.5 Å². The lowest BCUT2D eigenvalue weighted by molar-refractivity contribution is -0.108. The van der Waals surface area contributed by atoms with Crippen LogP contribution >= 0.6 is 0 Å². The van der Waals surface area contributed by atoms with Gasteiger partial charge in [0.05, 0.1) is 13.2 Å². The summed E-state index contributed by atoms with van der Waals surface area (Å²) in [6.07, 6.45) is 1.27. The van der Waals surface area contributed by atoms with Crippen molar-refractivity contribution in [1.82, 2.24) is 0 Å². The van der Waals surface area contributed by atoms with Crippen molar-refractivity contribution in [1.29, 1.82) is 0 Å². The molecule has 0 saturated carbocycles. The molecule has 1 aromatic rings. The van der Waals surface area contributed by atoms with Crippen LogP contribution < -0.4 is 9.47 Å². The quantitative estimate of drug-likeness (QED) is 0.513. The van der Waals surface area contributed by atoms with E-state index in [0.717, 1.165) is 17.8 Å². The summed E-state index contributed by atoms with van der Waals surface area (Å²) in [5.74, 6) is 1.59. The molecule has 0 radical (unpaired) electrons. The molecule has 0 bridgehead atoms. The van der Waals surface area contributed by atoms with Crippen molar-refractivity contribution in [3.63, 3.8) is 0 Å². The zero-order valence-electron chi connectivity index (χ0n) is 8.23. The number of carbonyl (C=O) groups is 1. The summed E-state index contributed by atoms with van der Waals surface area (Å²) in [5.41, 5.74) is 0. The molecule has 0 spiro atoms. The van der Waals surface area contributed by atoms with E-state index >= 15 is 0 Å². The van der Waals surface area contributed by atoms with Gasteiger partial charge in [-0.1, -0.05) is 0 Å². The molecule has 0 heterocycles. The standard InChI is InChI=1S/C11H14O3/c1-2-13-10-4-6-11(7-5-10)14-9-3-8-12/h4-8H,2-3,9H2,1H3. The molecular weight excluding hydrogens is 180 g/mol. The van der Waals surface area contributed by atoms with Crippen LogP contribution in [0.25, 0.3) is 0 Å². The van der Waals surface area contributed by atoms with Crippen molar-refractivity contribution in [2.45, 2.75) is 13.3 Å². The maximum atomic E-state index is 10.0. The highest BCUT2D eigenvalue weighted by Gasteiger charge is 1.94. The molecule has 0 aliphatic heterocycles. The lowest BCUT2D eigenvalue weighted by Crippen LogP contribution is -1.97. The van der Waals surface area contributed by atoms with E-state index in [1.165, 1.54) is 0 Å². The SMILES string of the molecule is CCOc1ccc(OCCC=O)cc1. The molecule has 76 valence electrons. The van der Waals surface area contributed by atoms with Crippen LogP contribution in [0.4, 0.5) is 0 Å². The van der Waals surface area contributed by atoms with E-state index in [1.807, 2.05) is 31.2 Å². The second-order valence-corrected chi connectivity index (χ2v) is 2.71. The minimum absolute atomic E-state index is 0.424. The fourth-order valence-electron chi connectivity index (χ4n) is 1.02. The first-order valence-electron chi connectivity index (χ1n) is 4.66. The number of hydrogen-bond donors (Lipinski definition) is 0. The highest BCUT2D eigenvalue weighted by molar-refractivity contribution is 5.49. The molecule has 0 fully saturated rings. The van der Waals surface area contributed by atoms with Crippen LogP contribution in [0, 0.1) is 0 Å². The van der Waals surface area contributed by atoms with E-state index in [1.54, 1.807) is 0 Å². The summed E-state index contributed by atoms with van der Waals surface area (Å²) in [5, 5.41) is 0. The minimum Gasteiger partial charge on any atom is -0.494 e. The average molecular weight is 194 g/mol. The first kappa shape index (κ1) is 10.6. The predicted octanol–water partition coefficient (Wildman–Crippen LogP) is 2.05. The summed E-state index contributed by atoms with van der Waals surface area (Å²) >= 11 is 0. The van der Waals surface area contributed by atoms with Crippen molar-refractivity contribution in [3.05, 3.63) is 24.3 Å². The van der Waals surface area contributed by atoms with Crippen molar-refractivity contribution >= 4 is 6.29 Å². The van der Waals surface area contributed by atoms with E-state index in [2.05, 4.69) is 0 Å². The van der Waals surface area contributed by atoms with Gasteiger partial charge in [0, 0.05) is 6.42 Å². The molecule has 3 nitrogen and oxygen atoms in total. The lowest BCUT2D eigenvalue weighted by Gasteiger charge is -2.05. The van der Waals surface area contributed by atoms with Gasteiger partial charge in [0.1, 0.15) is 17.8 Å². The molecule has 0 aliphatic carbocycles. The van der Waals surface area contributed by atoms with Crippen molar-refractivity contribution < 1.29 is 14.3 Å². The van der Waals surface area contributed by atoms with Gasteiger partial charge in [-0.2, -0.15) is 0 Å². The largest absolute Gasteiger partial charge is 0.494 e. The van der Waals surface area contributed by atoms with Gasteiger partial charge in [-0.05, 0) is 31.2 Å². The van der Waals surface area contributed by atoms with Gasteiger partial charge in [-0.15, -0.1) is 0 Å². The van der Waals surface area contributed by atoms with Crippen molar-refractivity contribution in [2.75, 3.05) is 13.2 Å². The molecule has 1 aromatic carbocycles. The number of aldehydes is 1. The van der Waals surface area contributed by atoms with E-state index < -0.39 is 0 Å². The van der Waals surface area contributed by atoms with Gasteiger partial charge in [-0.25, -0.2) is 0 Å². The normalized spacial score (nSPS) is 9.50. The zero-order valence-corrected chi connectivity index (χ0v) is 8.23. The van der Waals surface area contributed by atoms with Crippen LogP contribution in [0.15, 0.2) is 24.3 Å². The Labute approximate surface area is 83.6 Å². The number of benzene rings is 1. The fraction of sp³-hybridized carbons (Fsp3) is 0.364. The Kier molecular flexibility index (Phi) is 4.55. The van der Waals surface area contributed by atoms with Gasteiger partial charge in [-0.3, -0.25) is 0 Å². The third kappa shape index (κ3) is 3.47. The number of rotatable bonds is 6. The second-order valence-electron chi connectivity index (χ2n) is 2.71. The fourth-order valence-corrected chi connectivity index (χ4v) is 1.02. The summed E-state index contributed by atoms with van der Waals surface area (Å²) in [7, 11) is 0. The number of hydrogen-bond acceptors (Lipinski definition) is 3. The highest BCUT2D eigenvalue weighted by atomic mass is 16.5. The van der Waals surface area contributed by atoms with Crippen LogP contribution in [-0.2, 0) is 4.79 Å². The Balaban J connectivity index is 2.42. The molecule has 14 heavy (non-hydrogen) atoms. The van der Waals surface area contributed by atoms with E-state index in [-0.39, 0.29) is 0 Å². The molecule has 0 amide bonds. The van der Waals surface area contributed by atoms with Gasteiger partial charge >= 0.3 is 0 Å². The summed E-state index contributed by atoms with van der Waals surface area (Å²) in [6.45, 7) is 3.03. The zero-order chi connectivity index (χ0) is 10.2. The number of carbonyl (C=O) groups excluding carboxylic acids is 1. The maximum Gasteiger partial charge on any atom is 0.123 e. The Morgan fingerprint density at radius 3 is 2.21 bits per heavy atom. The average Bonchev–Trinajstić information content (AvgIpc) is 2.21. The molecule has 0 saturated heterocycles. The predicted molar refractivity (Wildman–Crippen MR) is 53.8 cm³/mol. The first-order valence-corrected chi connectivity index (χ1v) is 4.66. The lowest BCUT2D eigenvalue weighted by atomic mass is 10.3. The van der Waals surface area contributed by atoms with E-state index in [9.17, 15) is 4.79 Å². The highest BCUT2D eigenvalue weighted by Crippen LogP contribution is 2.17. The molecule has 0 aliphatic rings. The van der Waals surface area contributed by atoms with Crippen molar-refractivity contribution in [3.8, 4) is 11.5 Å². The summed E-state index contributed by atoms with van der Waals surface area (Å²) in [6, 6.07) is 7.35. The second kappa shape index (κ2) is 6.02. The summed E-state index contributed by atoms with van der Waals surface area (Å²) in [4.78, 5) is 10.0. The molecular formula is C11H14O3. The third-order valence-corrected chi connectivity index (χ3v) is 1.64. The Morgan fingerprint density at radius 1 is 1.14 bits per heavy atom. The van der Waals surface area contributed by atoms with Crippen LogP contribution in [0.1, 0.15) is 13.3 Å².